The Morgan fingerprint density at radius 1 is 0.962 bits per heavy atom. The quantitative estimate of drug-likeness (QED) is 0.706. The topological polar surface area (TPSA) is 69.6 Å². The van der Waals surface area contributed by atoms with Crippen molar-refractivity contribution in [3.8, 4) is 0 Å². The van der Waals surface area contributed by atoms with Gasteiger partial charge in [-0.2, -0.15) is 4.31 Å². The monoisotopic (exact) mass is 376 g/mol. The first-order chi connectivity index (χ1) is 12.4. The lowest BCUT2D eigenvalue weighted by molar-refractivity contribution is 0.171. The largest absolute Gasteiger partial charge is 0.387 e. The van der Waals surface area contributed by atoms with Crippen molar-refractivity contribution in [2.45, 2.75) is 37.8 Å². The molecule has 2 aromatic carbocycles. The zero-order valence-corrected chi connectivity index (χ0v) is 16.4. The van der Waals surface area contributed by atoms with Crippen molar-refractivity contribution >= 4 is 10.0 Å². The second kappa shape index (κ2) is 9.28. The first-order valence-corrected chi connectivity index (χ1v) is 10.4. The van der Waals surface area contributed by atoms with Gasteiger partial charge in [-0.05, 0) is 30.2 Å². The Morgan fingerprint density at radius 3 is 2.08 bits per heavy atom. The van der Waals surface area contributed by atoms with Crippen molar-refractivity contribution in [3.05, 3.63) is 65.7 Å². The van der Waals surface area contributed by atoms with Crippen LogP contribution in [0.15, 0.2) is 59.5 Å². The van der Waals surface area contributed by atoms with Crippen LogP contribution in [-0.2, 0) is 10.0 Å². The molecule has 2 atom stereocenters. The van der Waals surface area contributed by atoms with E-state index in [2.05, 4.69) is 5.32 Å². The van der Waals surface area contributed by atoms with Crippen LogP contribution >= 0.6 is 0 Å². The number of benzene rings is 2. The first kappa shape index (κ1) is 20.6. The van der Waals surface area contributed by atoms with E-state index < -0.39 is 16.1 Å². The molecule has 0 spiro atoms. The zero-order valence-electron chi connectivity index (χ0n) is 15.6. The summed E-state index contributed by atoms with van der Waals surface area (Å²) in [7, 11) is -3.43. The Bertz CT molecular complexity index is 772. The molecule has 26 heavy (non-hydrogen) atoms. The van der Waals surface area contributed by atoms with Crippen LogP contribution < -0.4 is 5.32 Å². The maximum atomic E-state index is 12.5. The molecule has 2 N–H and O–H groups in total. The second-order valence-corrected chi connectivity index (χ2v) is 8.15. The highest BCUT2D eigenvalue weighted by atomic mass is 32.2. The normalized spacial score (nSPS) is 14.3. The molecule has 142 valence electrons. The molecule has 0 unspecified atom stereocenters. The summed E-state index contributed by atoms with van der Waals surface area (Å²) in [4.78, 5) is 0.307. The van der Waals surface area contributed by atoms with Gasteiger partial charge in [0.1, 0.15) is 0 Å². The number of nitrogens with one attached hydrogen (secondary N) is 1. The van der Waals surface area contributed by atoms with E-state index in [4.69, 9.17) is 0 Å². The highest BCUT2D eigenvalue weighted by Crippen LogP contribution is 2.20. The lowest BCUT2D eigenvalue weighted by atomic mass is 10.1. The molecule has 0 bridgehead atoms. The number of aliphatic hydroxyl groups excluding tert-OH is 1. The standard InChI is InChI=1S/C20H28N2O3S/c1-4-22(5-2)26(24,25)19-13-11-17(12-14-19)16(3)21-15-20(23)18-9-7-6-8-10-18/h6-14,16,20-21,23H,4-5,15H2,1-3H3/t16-,20-/m0/s1. The fourth-order valence-electron chi connectivity index (χ4n) is 2.84. The van der Waals surface area contributed by atoms with Crippen molar-refractivity contribution in [3.63, 3.8) is 0 Å². The number of rotatable bonds is 9. The summed E-state index contributed by atoms with van der Waals surface area (Å²) in [6.07, 6.45) is -0.582. The average molecular weight is 377 g/mol. The Morgan fingerprint density at radius 2 is 1.54 bits per heavy atom. The van der Waals surface area contributed by atoms with Crippen molar-refractivity contribution in [1.82, 2.24) is 9.62 Å². The van der Waals surface area contributed by atoms with Crippen LogP contribution in [0.4, 0.5) is 0 Å². The van der Waals surface area contributed by atoms with Gasteiger partial charge in [-0.25, -0.2) is 8.42 Å². The van der Waals surface area contributed by atoms with Gasteiger partial charge in [-0.15, -0.1) is 0 Å². The number of sulfonamides is 1. The van der Waals surface area contributed by atoms with Gasteiger partial charge in [0.25, 0.3) is 0 Å². The predicted octanol–water partition coefficient (Wildman–Crippen LogP) is 3.10. The lowest BCUT2D eigenvalue weighted by Gasteiger charge is -2.20. The SMILES string of the molecule is CCN(CC)S(=O)(=O)c1ccc([C@H](C)NC[C@H](O)c2ccccc2)cc1. The predicted molar refractivity (Wildman–Crippen MR) is 104 cm³/mol. The molecular formula is C20H28N2O3S. The van der Waals surface area contributed by atoms with Gasteiger partial charge in [-0.1, -0.05) is 56.3 Å². The molecule has 0 aliphatic carbocycles. The molecule has 0 amide bonds. The molecule has 0 heterocycles. The van der Waals surface area contributed by atoms with Gasteiger partial charge in [0.05, 0.1) is 11.0 Å². The lowest BCUT2D eigenvalue weighted by Crippen LogP contribution is -2.30. The molecule has 2 rings (SSSR count). The molecule has 0 aliphatic rings. The summed E-state index contributed by atoms with van der Waals surface area (Å²) >= 11 is 0. The molecule has 0 aromatic heterocycles. The van der Waals surface area contributed by atoms with Crippen molar-refractivity contribution in [2.75, 3.05) is 19.6 Å². The summed E-state index contributed by atoms with van der Waals surface area (Å²) in [5.74, 6) is 0. The maximum absolute atomic E-state index is 12.5. The molecule has 6 heteroatoms. The van der Waals surface area contributed by atoms with Crippen LogP contribution in [0.25, 0.3) is 0 Å². The number of hydrogen-bond donors (Lipinski definition) is 2. The van der Waals surface area contributed by atoms with Gasteiger partial charge in [-0.3, -0.25) is 0 Å². The summed E-state index contributed by atoms with van der Waals surface area (Å²) in [6.45, 7) is 6.99. The van der Waals surface area contributed by atoms with E-state index in [1.165, 1.54) is 4.31 Å². The van der Waals surface area contributed by atoms with Crippen molar-refractivity contribution in [1.29, 1.82) is 0 Å². The van der Waals surface area contributed by atoms with E-state index in [1.54, 1.807) is 12.1 Å². The molecule has 0 aliphatic heterocycles. The average Bonchev–Trinajstić information content (AvgIpc) is 2.67. The van der Waals surface area contributed by atoms with E-state index in [0.717, 1.165) is 11.1 Å². The van der Waals surface area contributed by atoms with Gasteiger partial charge >= 0.3 is 0 Å². The van der Waals surface area contributed by atoms with E-state index in [-0.39, 0.29) is 6.04 Å². The maximum Gasteiger partial charge on any atom is 0.243 e. The minimum absolute atomic E-state index is 0.00132. The molecule has 0 saturated heterocycles. The van der Waals surface area contributed by atoms with E-state index in [1.807, 2.05) is 63.2 Å². The second-order valence-electron chi connectivity index (χ2n) is 6.21. The molecule has 0 fully saturated rings. The Kier molecular flexibility index (Phi) is 7.34. The summed E-state index contributed by atoms with van der Waals surface area (Å²) < 4.78 is 26.5. The first-order valence-electron chi connectivity index (χ1n) is 8.96. The molecule has 2 aromatic rings. The van der Waals surface area contributed by atoms with Crippen LogP contribution in [0.3, 0.4) is 0 Å². The summed E-state index contributed by atoms with van der Waals surface area (Å²) in [5, 5.41) is 13.5. The van der Waals surface area contributed by atoms with Crippen LogP contribution in [0, 0.1) is 0 Å². The van der Waals surface area contributed by atoms with Crippen molar-refractivity contribution < 1.29 is 13.5 Å². The van der Waals surface area contributed by atoms with Gasteiger partial charge in [0.2, 0.25) is 10.0 Å². The highest BCUT2D eigenvalue weighted by molar-refractivity contribution is 7.89. The Balaban J connectivity index is 2.01. The molecule has 0 radical (unpaired) electrons. The summed E-state index contributed by atoms with van der Waals surface area (Å²) in [5.41, 5.74) is 1.84. The molecular weight excluding hydrogens is 348 g/mol. The van der Waals surface area contributed by atoms with Gasteiger partial charge < -0.3 is 10.4 Å². The zero-order chi connectivity index (χ0) is 19.2. The third-order valence-corrected chi connectivity index (χ3v) is 6.59. The highest BCUT2D eigenvalue weighted by Gasteiger charge is 2.21. The fraction of sp³-hybridized carbons (Fsp3) is 0.400. The van der Waals surface area contributed by atoms with Crippen LogP contribution in [-0.4, -0.2) is 37.5 Å². The van der Waals surface area contributed by atoms with Crippen LogP contribution in [0.5, 0.6) is 0 Å². The Labute approximate surface area is 156 Å². The fourth-order valence-corrected chi connectivity index (χ4v) is 4.30. The third-order valence-electron chi connectivity index (χ3n) is 4.53. The third kappa shape index (κ3) is 4.92. The minimum Gasteiger partial charge on any atom is -0.387 e. The number of aliphatic hydroxyl groups is 1. The van der Waals surface area contributed by atoms with Crippen LogP contribution in [0.1, 0.15) is 44.0 Å². The molecule has 5 nitrogen and oxygen atoms in total. The van der Waals surface area contributed by atoms with E-state index >= 15 is 0 Å². The van der Waals surface area contributed by atoms with E-state index in [9.17, 15) is 13.5 Å². The smallest absolute Gasteiger partial charge is 0.243 e. The minimum atomic E-state index is -3.43. The summed E-state index contributed by atoms with van der Waals surface area (Å²) in [6, 6.07) is 16.4. The number of nitrogens with zero attached hydrogens (tertiary/aromatic N) is 1. The number of hydrogen-bond acceptors (Lipinski definition) is 4. The molecule has 0 saturated carbocycles. The van der Waals surface area contributed by atoms with Crippen molar-refractivity contribution in [2.24, 2.45) is 0 Å². The Hall–Kier alpha value is -1.73. The van der Waals surface area contributed by atoms with E-state index in [0.29, 0.717) is 24.5 Å². The van der Waals surface area contributed by atoms with Gasteiger partial charge in [0, 0.05) is 25.7 Å². The van der Waals surface area contributed by atoms with Gasteiger partial charge in [0.15, 0.2) is 0 Å². The van der Waals surface area contributed by atoms with Crippen LogP contribution in [0.2, 0.25) is 0 Å².